The largest absolute Gasteiger partial charge is 0.370 e. The second-order valence-electron chi connectivity index (χ2n) is 14.5. The molecule has 1 saturated heterocycles. The Balaban J connectivity index is 1.45. The van der Waals surface area contributed by atoms with Crippen molar-refractivity contribution in [3.63, 3.8) is 0 Å². The summed E-state index contributed by atoms with van der Waals surface area (Å²) in [6.45, 7) is 5.42. The molecule has 0 unspecified atom stereocenters. The van der Waals surface area contributed by atoms with E-state index in [9.17, 15) is 28.8 Å². The SMILES string of the molecule is CC(C)[C@H](NC(=O)[C@H](Cc1ccccc1)NC(=O)[C@H](CCCN=C(N)N)NC(=O)[C@@H]1CCCN1C(=O)[C@H](C)NC(=O)[C@@H](N)Cc1c[nH]c2ccccc12)C(N)=O. The Hall–Kier alpha value is -5.97. The molecule has 17 heteroatoms. The average Bonchev–Trinajstić information content (AvgIpc) is 3.82. The van der Waals surface area contributed by atoms with Crippen LogP contribution in [0.4, 0.5) is 0 Å². The number of hydrogen-bond donors (Lipinski definition) is 9. The van der Waals surface area contributed by atoms with Crippen LogP contribution in [0.3, 0.4) is 0 Å². The number of hydrogen-bond acceptors (Lipinski definition) is 8. The van der Waals surface area contributed by atoms with E-state index in [0.29, 0.717) is 12.8 Å². The number of nitrogens with zero attached hydrogens (tertiary/aromatic N) is 2. The summed E-state index contributed by atoms with van der Waals surface area (Å²) in [6, 6.07) is 10.5. The number of fused-ring (bicyclic) bond motifs is 1. The van der Waals surface area contributed by atoms with Gasteiger partial charge in [-0.3, -0.25) is 33.8 Å². The quantitative estimate of drug-likeness (QED) is 0.0428. The smallest absolute Gasteiger partial charge is 0.245 e. The third-order valence-corrected chi connectivity index (χ3v) is 9.78. The van der Waals surface area contributed by atoms with Crippen molar-refractivity contribution in [3.8, 4) is 0 Å². The van der Waals surface area contributed by atoms with Gasteiger partial charge in [-0.15, -0.1) is 0 Å². The van der Waals surface area contributed by atoms with E-state index in [0.717, 1.165) is 22.0 Å². The summed E-state index contributed by atoms with van der Waals surface area (Å²) in [5.74, 6) is -4.04. The summed E-state index contributed by atoms with van der Waals surface area (Å²) in [5.41, 5.74) is 25.3. The van der Waals surface area contributed by atoms with Crippen LogP contribution in [0.15, 0.2) is 65.8 Å². The highest BCUT2D eigenvalue weighted by molar-refractivity contribution is 5.97. The lowest BCUT2D eigenvalue weighted by Gasteiger charge is -2.29. The highest BCUT2D eigenvalue weighted by atomic mass is 16.2. The molecular formula is C39H55N11O6. The summed E-state index contributed by atoms with van der Waals surface area (Å²) in [7, 11) is 0. The molecular weight excluding hydrogens is 718 g/mol. The molecule has 1 aliphatic rings. The van der Waals surface area contributed by atoms with E-state index < -0.39 is 71.7 Å². The molecule has 1 fully saturated rings. The third kappa shape index (κ3) is 11.8. The third-order valence-electron chi connectivity index (χ3n) is 9.78. The van der Waals surface area contributed by atoms with Crippen LogP contribution in [-0.2, 0) is 41.6 Å². The predicted octanol–water partition coefficient (Wildman–Crippen LogP) is -0.575. The molecule has 1 aliphatic heterocycles. The van der Waals surface area contributed by atoms with E-state index in [1.807, 2.05) is 30.3 Å². The number of carbonyl (C=O) groups is 6. The maximum atomic E-state index is 14.0. The monoisotopic (exact) mass is 773 g/mol. The van der Waals surface area contributed by atoms with Crippen molar-refractivity contribution >= 4 is 52.3 Å². The lowest BCUT2D eigenvalue weighted by molar-refractivity contribution is -0.142. The minimum atomic E-state index is -1.16. The van der Waals surface area contributed by atoms with Crippen molar-refractivity contribution < 1.29 is 28.8 Å². The van der Waals surface area contributed by atoms with Crippen LogP contribution in [0.5, 0.6) is 0 Å². The Morgan fingerprint density at radius 3 is 2.20 bits per heavy atom. The number of aliphatic imine (C=N–C) groups is 1. The zero-order valence-corrected chi connectivity index (χ0v) is 32.1. The normalized spacial score (nSPS) is 16.6. The summed E-state index contributed by atoms with van der Waals surface area (Å²) in [5, 5.41) is 11.8. The summed E-state index contributed by atoms with van der Waals surface area (Å²) in [4.78, 5) is 88.8. The summed E-state index contributed by atoms with van der Waals surface area (Å²) >= 11 is 0. The zero-order valence-electron chi connectivity index (χ0n) is 32.1. The maximum Gasteiger partial charge on any atom is 0.245 e. The molecule has 0 radical (unpaired) electrons. The Kier molecular flexibility index (Phi) is 15.3. The van der Waals surface area contributed by atoms with E-state index in [-0.39, 0.29) is 50.7 Å². The first kappa shape index (κ1) is 42.8. The first-order valence-electron chi connectivity index (χ1n) is 18.9. The van der Waals surface area contributed by atoms with Crippen LogP contribution in [-0.4, -0.2) is 101 Å². The van der Waals surface area contributed by atoms with Crippen LogP contribution in [0.1, 0.15) is 57.6 Å². The van der Waals surface area contributed by atoms with Crippen molar-refractivity contribution in [2.45, 2.75) is 95.5 Å². The topological polar surface area (TPSA) is 286 Å². The van der Waals surface area contributed by atoms with Gasteiger partial charge in [-0.1, -0.05) is 62.4 Å². The Morgan fingerprint density at radius 2 is 1.52 bits per heavy atom. The number of amides is 6. The molecule has 3 aromatic rings. The Bertz CT molecular complexity index is 1880. The molecule has 56 heavy (non-hydrogen) atoms. The lowest BCUT2D eigenvalue weighted by Crippen LogP contribution is -2.59. The van der Waals surface area contributed by atoms with Gasteiger partial charge in [0.2, 0.25) is 35.4 Å². The summed E-state index contributed by atoms with van der Waals surface area (Å²) in [6.07, 6.45) is 3.35. The number of nitrogens with two attached hydrogens (primary N) is 4. The van der Waals surface area contributed by atoms with E-state index in [4.69, 9.17) is 22.9 Å². The van der Waals surface area contributed by atoms with Gasteiger partial charge in [0, 0.05) is 36.6 Å². The minimum Gasteiger partial charge on any atom is -0.370 e. The molecule has 4 rings (SSSR count). The number of aromatic nitrogens is 1. The number of nitrogens with one attached hydrogen (secondary N) is 5. The van der Waals surface area contributed by atoms with Gasteiger partial charge in [-0.2, -0.15) is 0 Å². The Morgan fingerprint density at radius 1 is 0.839 bits per heavy atom. The number of likely N-dealkylation sites (tertiary alicyclic amines) is 1. The van der Waals surface area contributed by atoms with E-state index in [1.54, 1.807) is 44.3 Å². The van der Waals surface area contributed by atoms with Gasteiger partial charge in [-0.25, -0.2) is 0 Å². The van der Waals surface area contributed by atoms with Crippen LogP contribution in [0.25, 0.3) is 10.9 Å². The molecule has 0 saturated carbocycles. The number of guanidine groups is 1. The molecule has 6 atom stereocenters. The van der Waals surface area contributed by atoms with Crippen molar-refractivity contribution in [2.24, 2.45) is 33.8 Å². The highest BCUT2D eigenvalue weighted by Crippen LogP contribution is 2.21. The van der Waals surface area contributed by atoms with Crippen molar-refractivity contribution in [1.82, 2.24) is 31.2 Å². The summed E-state index contributed by atoms with van der Waals surface area (Å²) < 4.78 is 0. The number of aromatic amines is 1. The first-order valence-corrected chi connectivity index (χ1v) is 18.9. The number of primary amides is 1. The predicted molar refractivity (Wildman–Crippen MR) is 212 cm³/mol. The van der Waals surface area contributed by atoms with Crippen LogP contribution >= 0.6 is 0 Å². The fourth-order valence-corrected chi connectivity index (χ4v) is 6.76. The number of para-hydroxylation sites is 1. The highest BCUT2D eigenvalue weighted by Gasteiger charge is 2.38. The molecule has 2 aromatic carbocycles. The van der Waals surface area contributed by atoms with Crippen molar-refractivity contribution in [3.05, 3.63) is 71.9 Å². The molecule has 13 N–H and O–H groups in total. The minimum absolute atomic E-state index is 0.0800. The fourth-order valence-electron chi connectivity index (χ4n) is 6.76. The molecule has 0 aliphatic carbocycles. The van der Waals surface area contributed by atoms with Crippen LogP contribution < -0.4 is 44.2 Å². The molecule has 302 valence electrons. The van der Waals surface area contributed by atoms with E-state index in [2.05, 4.69) is 31.2 Å². The zero-order chi connectivity index (χ0) is 40.9. The second kappa shape index (κ2) is 20.1. The number of H-pyrrole nitrogens is 1. The molecule has 6 amide bonds. The number of rotatable bonds is 19. The van der Waals surface area contributed by atoms with Gasteiger partial charge < -0.3 is 54.1 Å². The van der Waals surface area contributed by atoms with Crippen molar-refractivity contribution in [2.75, 3.05) is 13.1 Å². The van der Waals surface area contributed by atoms with Gasteiger partial charge in [0.15, 0.2) is 5.96 Å². The maximum absolute atomic E-state index is 14.0. The fraction of sp³-hybridized carbons (Fsp3) is 0.462. The lowest BCUT2D eigenvalue weighted by atomic mass is 10.0. The first-order chi connectivity index (χ1) is 26.7. The van der Waals surface area contributed by atoms with Gasteiger partial charge in [0.05, 0.1) is 6.04 Å². The van der Waals surface area contributed by atoms with Gasteiger partial charge in [0.25, 0.3) is 0 Å². The van der Waals surface area contributed by atoms with Gasteiger partial charge in [0.1, 0.15) is 30.2 Å². The number of carbonyl (C=O) groups excluding carboxylic acids is 6. The van der Waals surface area contributed by atoms with E-state index >= 15 is 0 Å². The molecule has 17 nitrogen and oxygen atoms in total. The standard InChI is InChI=1S/C39H55N11O6/c1-22(2)32(33(41)51)49-36(54)30(19-24-11-5-4-6-12-24)48-35(53)29(15-9-17-44-39(42)43)47-37(55)31-16-10-18-50(31)38(56)23(3)46-34(52)27(40)20-25-21-45-28-14-8-7-13-26(25)28/h4-8,11-14,21-23,27,29-32,45H,9-10,15-20,40H2,1-3H3,(H2,41,51)(H,46,52)(H,47,55)(H,48,53)(H,49,54)(H4,42,43,44)/t23-,27-,29-,30-,31-,32-/m0/s1. The second-order valence-corrected chi connectivity index (χ2v) is 14.5. The van der Waals surface area contributed by atoms with Crippen LogP contribution in [0.2, 0.25) is 0 Å². The Labute approximate surface area is 326 Å². The van der Waals surface area contributed by atoms with Crippen molar-refractivity contribution in [1.29, 1.82) is 0 Å². The van der Waals surface area contributed by atoms with Crippen LogP contribution in [0, 0.1) is 5.92 Å². The van der Waals surface area contributed by atoms with E-state index in [1.165, 1.54) is 11.8 Å². The molecule has 0 spiro atoms. The molecule has 0 bridgehead atoms. The average molecular weight is 774 g/mol. The van der Waals surface area contributed by atoms with Gasteiger partial charge in [-0.05, 0) is 62.1 Å². The molecule has 1 aromatic heterocycles. The number of benzene rings is 2. The van der Waals surface area contributed by atoms with Gasteiger partial charge >= 0.3 is 0 Å². The molecule has 2 heterocycles.